The van der Waals surface area contributed by atoms with Crippen LogP contribution < -0.4 is 5.32 Å². The predicted octanol–water partition coefficient (Wildman–Crippen LogP) is 4.26. The van der Waals surface area contributed by atoms with Gasteiger partial charge in [-0.25, -0.2) is 0 Å². The molecule has 0 aliphatic carbocycles. The SMILES string of the molecule is C/C(=C\CNc1ccccc1)COCc1ccccc1. The molecule has 0 saturated carbocycles. The fourth-order valence-corrected chi connectivity index (χ4v) is 1.86. The van der Waals surface area contributed by atoms with Crippen molar-refractivity contribution >= 4 is 5.69 Å². The smallest absolute Gasteiger partial charge is 0.0721 e. The first kappa shape index (κ1) is 14.4. The van der Waals surface area contributed by atoms with Gasteiger partial charge in [0.05, 0.1) is 13.2 Å². The predicted molar refractivity (Wildman–Crippen MR) is 84.8 cm³/mol. The lowest BCUT2D eigenvalue weighted by molar-refractivity contribution is 0.142. The number of anilines is 1. The highest BCUT2D eigenvalue weighted by Gasteiger charge is 1.94. The monoisotopic (exact) mass is 267 g/mol. The van der Waals surface area contributed by atoms with Crippen molar-refractivity contribution in [1.29, 1.82) is 0 Å². The van der Waals surface area contributed by atoms with Gasteiger partial charge in [-0.15, -0.1) is 0 Å². The molecule has 0 saturated heterocycles. The van der Waals surface area contributed by atoms with Gasteiger partial charge in [0.2, 0.25) is 0 Å². The van der Waals surface area contributed by atoms with E-state index in [9.17, 15) is 0 Å². The molecule has 0 amide bonds. The maximum atomic E-state index is 5.69. The molecule has 0 radical (unpaired) electrons. The van der Waals surface area contributed by atoms with E-state index >= 15 is 0 Å². The lowest BCUT2D eigenvalue weighted by Crippen LogP contribution is -2.01. The highest BCUT2D eigenvalue weighted by molar-refractivity contribution is 5.43. The summed E-state index contributed by atoms with van der Waals surface area (Å²) in [5, 5.41) is 3.35. The van der Waals surface area contributed by atoms with Crippen LogP contribution in [0.1, 0.15) is 12.5 Å². The minimum absolute atomic E-state index is 0.665. The van der Waals surface area contributed by atoms with Gasteiger partial charge in [0.15, 0.2) is 0 Å². The third-order valence-electron chi connectivity index (χ3n) is 2.97. The van der Waals surface area contributed by atoms with Crippen LogP contribution in [0.15, 0.2) is 72.3 Å². The van der Waals surface area contributed by atoms with E-state index < -0.39 is 0 Å². The number of hydrogen-bond acceptors (Lipinski definition) is 2. The molecule has 20 heavy (non-hydrogen) atoms. The summed E-state index contributed by atoms with van der Waals surface area (Å²) in [6, 6.07) is 20.4. The first-order valence-corrected chi connectivity index (χ1v) is 6.91. The highest BCUT2D eigenvalue weighted by Crippen LogP contribution is 2.05. The van der Waals surface area contributed by atoms with E-state index in [-0.39, 0.29) is 0 Å². The van der Waals surface area contributed by atoms with Crippen LogP contribution in [0.5, 0.6) is 0 Å². The Hall–Kier alpha value is -2.06. The molecule has 0 aromatic heterocycles. The number of benzene rings is 2. The van der Waals surface area contributed by atoms with Crippen molar-refractivity contribution in [3.05, 3.63) is 77.9 Å². The molecule has 104 valence electrons. The summed E-state index contributed by atoms with van der Waals surface area (Å²) in [7, 11) is 0. The molecule has 0 aliphatic rings. The fourth-order valence-electron chi connectivity index (χ4n) is 1.86. The van der Waals surface area contributed by atoms with Crippen molar-refractivity contribution in [2.75, 3.05) is 18.5 Å². The molecule has 2 aromatic carbocycles. The van der Waals surface area contributed by atoms with Crippen LogP contribution in [-0.4, -0.2) is 13.2 Å². The Balaban J connectivity index is 1.67. The second-order valence-corrected chi connectivity index (χ2v) is 4.78. The first-order chi connectivity index (χ1) is 9.84. The minimum atomic E-state index is 0.665. The van der Waals surface area contributed by atoms with Crippen molar-refractivity contribution in [2.45, 2.75) is 13.5 Å². The van der Waals surface area contributed by atoms with Crippen molar-refractivity contribution < 1.29 is 4.74 Å². The molecule has 2 nitrogen and oxygen atoms in total. The number of para-hydroxylation sites is 1. The van der Waals surface area contributed by atoms with Gasteiger partial charge in [0.1, 0.15) is 0 Å². The van der Waals surface area contributed by atoms with Gasteiger partial charge >= 0.3 is 0 Å². The topological polar surface area (TPSA) is 21.3 Å². The fraction of sp³-hybridized carbons (Fsp3) is 0.222. The molecule has 0 fully saturated rings. The van der Waals surface area contributed by atoms with Crippen LogP contribution in [0.25, 0.3) is 0 Å². The van der Waals surface area contributed by atoms with E-state index in [2.05, 4.69) is 42.6 Å². The minimum Gasteiger partial charge on any atom is -0.382 e. The largest absolute Gasteiger partial charge is 0.382 e. The average molecular weight is 267 g/mol. The zero-order chi connectivity index (χ0) is 14.0. The van der Waals surface area contributed by atoms with Gasteiger partial charge < -0.3 is 10.1 Å². The van der Waals surface area contributed by atoms with Crippen LogP contribution in [-0.2, 0) is 11.3 Å². The molecule has 0 heterocycles. The summed E-state index contributed by atoms with van der Waals surface area (Å²) in [5.74, 6) is 0. The van der Waals surface area contributed by atoms with E-state index in [0.29, 0.717) is 13.2 Å². The summed E-state index contributed by atoms with van der Waals surface area (Å²) in [5.41, 5.74) is 3.59. The Bertz CT molecular complexity index is 520. The van der Waals surface area contributed by atoms with Gasteiger partial charge in [0.25, 0.3) is 0 Å². The maximum absolute atomic E-state index is 5.69. The molecule has 1 N–H and O–H groups in total. The van der Waals surface area contributed by atoms with Crippen LogP contribution >= 0.6 is 0 Å². The van der Waals surface area contributed by atoms with E-state index in [1.165, 1.54) is 11.1 Å². The normalized spacial score (nSPS) is 11.3. The summed E-state index contributed by atoms with van der Waals surface area (Å²) < 4.78 is 5.69. The lowest BCUT2D eigenvalue weighted by Gasteiger charge is -2.06. The lowest BCUT2D eigenvalue weighted by atomic mass is 10.2. The van der Waals surface area contributed by atoms with Crippen LogP contribution in [0, 0.1) is 0 Å². The van der Waals surface area contributed by atoms with E-state index in [1.807, 2.05) is 36.4 Å². The molecular formula is C18H21NO. The van der Waals surface area contributed by atoms with Gasteiger partial charge in [-0.1, -0.05) is 60.2 Å². The summed E-state index contributed by atoms with van der Waals surface area (Å²) in [6.07, 6.45) is 2.16. The Morgan fingerprint density at radius 2 is 1.65 bits per heavy atom. The van der Waals surface area contributed by atoms with Crippen LogP contribution in [0.3, 0.4) is 0 Å². The second-order valence-electron chi connectivity index (χ2n) is 4.78. The molecule has 0 unspecified atom stereocenters. The first-order valence-electron chi connectivity index (χ1n) is 6.91. The van der Waals surface area contributed by atoms with E-state index in [1.54, 1.807) is 0 Å². The van der Waals surface area contributed by atoms with Gasteiger partial charge in [-0.05, 0) is 24.6 Å². The average Bonchev–Trinajstić information content (AvgIpc) is 2.49. The molecule has 0 spiro atoms. The molecule has 2 rings (SSSR count). The van der Waals surface area contributed by atoms with Crippen LogP contribution in [0.4, 0.5) is 5.69 Å². The zero-order valence-electron chi connectivity index (χ0n) is 11.9. The number of rotatable bonds is 7. The van der Waals surface area contributed by atoms with Crippen molar-refractivity contribution in [3.8, 4) is 0 Å². The third-order valence-corrected chi connectivity index (χ3v) is 2.97. The maximum Gasteiger partial charge on any atom is 0.0721 e. The number of nitrogens with one attached hydrogen (secondary N) is 1. The summed E-state index contributed by atoms with van der Waals surface area (Å²) in [6.45, 7) is 4.26. The quantitative estimate of drug-likeness (QED) is 0.757. The van der Waals surface area contributed by atoms with Crippen LogP contribution in [0.2, 0.25) is 0 Å². The van der Waals surface area contributed by atoms with Gasteiger partial charge in [0, 0.05) is 12.2 Å². The summed E-state index contributed by atoms with van der Waals surface area (Å²) in [4.78, 5) is 0. The summed E-state index contributed by atoms with van der Waals surface area (Å²) >= 11 is 0. The molecule has 0 aliphatic heterocycles. The standard InChI is InChI=1S/C18H21NO/c1-16(12-13-19-18-10-6-3-7-11-18)14-20-15-17-8-4-2-5-9-17/h2-12,19H,13-15H2,1H3/b16-12+. The van der Waals surface area contributed by atoms with Crippen molar-refractivity contribution in [2.24, 2.45) is 0 Å². The third kappa shape index (κ3) is 5.29. The molecule has 0 bridgehead atoms. The number of hydrogen-bond donors (Lipinski definition) is 1. The van der Waals surface area contributed by atoms with Gasteiger partial charge in [-0.3, -0.25) is 0 Å². The zero-order valence-corrected chi connectivity index (χ0v) is 11.9. The van der Waals surface area contributed by atoms with Crippen molar-refractivity contribution in [1.82, 2.24) is 0 Å². The Morgan fingerprint density at radius 3 is 2.35 bits per heavy atom. The molecule has 2 aromatic rings. The number of ether oxygens (including phenoxy) is 1. The Morgan fingerprint density at radius 1 is 1.00 bits per heavy atom. The molecular weight excluding hydrogens is 246 g/mol. The Labute approximate surface area is 121 Å². The molecule has 2 heteroatoms. The van der Waals surface area contributed by atoms with Crippen molar-refractivity contribution in [3.63, 3.8) is 0 Å². The Kier molecular flexibility index (Phi) is 5.87. The van der Waals surface area contributed by atoms with Gasteiger partial charge in [-0.2, -0.15) is 0 Å². The second kappa shape index (κ2) is 8.18. The van der Waals surface area contributed by atoms with E-state index in [0.717, 1.165) is 12.2 Å². The van der Waals surface area contributed by atoms with E-state index in [4.69, 9.17) is 4.74 Å². The highest BCUT2D eigenvalue weighted by atomic mass is 16.5. The molecule has 0 atom stereocenters.